The third-order valence-corrected chi connectivity index (χ3v) is 3.23. The number of fused-ring (bicyclic) bond motifs is 1. The van der Waals surface area contributed by atoms with E-state index in [0.29, 0.717) is 0 Å². The molecule has 0 saturated carbocycles. The van der Waals surface area contributed by atoms with Crippen LogP contribution in [-0.2, 0) is 6.54 Å². The number of hydrogen-bond acceptors (Lipinski definition) is 1. The van der Waals surface area contributed by atoms with Crippen LogP contribution in [-0.4, -0.2) is 17.2 Å². The molecule has 0 amide bonds. The number of aromatic nitrogens is 1. The summed E-state index contributed by atoms with van der Waals surface area (Å²) in [6.45, 7) is 5.29. The van der Waals surface area contributed by atoms with Crippen LogP contribution in [0.4, 0.5) is 13.2 Å². The Bertz CT molecular complexity index is 584. The van der Waals surface area contributed by atoms with Crippen LogP contribution < -0.4 is 5.32 Å². The first-order valence-corrected chi connectivity index (χ1v) is 6.16. The van der Waals surface area contributed by atoms with Crippen LogP contribution in [0.25, 0.3) is 10.9 Å². The molecule has 0 aliphatic rings. The lowest BCUT2D eigenvalue weighted by atomic mass is 10.1. The minimum Gasteiger partial charge on any atom is -0.357 e. The van der Waals surface area contributed by atoms with Crippen LogP contribution in [0, 0.1) is 13.8 Å². The second-order valence-electron chi connectivity index (χ2n) is 4.98. The number of H-pyrrole nitrogens is 1. The summed E-state index contributed by atoms with van der Waals surface area (Å²) in [6.07, 6.45) is -4.21. The summed E-state index contributed by atoms with van der Waals surface area (Å²) in [5.74, 6) is 0. The molecule has 0 spiro atoms. The van der Waals surface area contributed by atoms with Crippen LogP contribution in [0.1, 0.15) is 23.7 Å². The van der Waals surface area contributed by atoms with Crippen LogP contribution in [0.5, 0.6) is 0 Å². The Balaban J connectivity index is 2.16. The van der Waals surface area contributed by atoms with Crippen LogP contribution in [0.15, 0.2) is 18.2 Å². The van der Waals surface area contributed by atoms with Crippen molar-refractivity contribution in [2.45, 2.75) is 39.5 Å². The topological polar surface area (TPSA) is 27.8 Å². The van der Waals surface area contributed by atoms with E-state index in [2.05, 4.69) is 16.4 Å². The van der Waals surface area contributed by atoms with Gasteiger partial charge in [-0.2, -0.15) is 13.2 Å². The van der Waals surface area contributed by atoms with Gasteiger partial charge in [-0.25, -0.2) is 0 Å². The molecule has 19 heavy (non-hydrogen) atoms. The van der Waals surface area contributed by atoms with E-state index in [-0.39, 0.29) is 6.54 Å². The lowest BCUT2D eigenvalue weighted by Crippen LogP contribution is -2.39. The van der Waals surface area contributed by atoms with Crippen molar-refractivity contribution in [1.29, 1.82) is 0 Å². The molecule has 0 fully saturated rings. The number of halogens is 3. The smallest absolute Gasteiger partial charge is 0.357 e. The molecule has 1 unspecified atom stereocenters. The fraction of sp³-hybridized carbons (Fsp3) is 0.429. The van der Waals surface area contributed by atoms with Gasteiger partial charge in [-0.05, 0) is 44.0 Å². The number of hydrogen-bond donors (Lipinski definition) is 2. The molecule has 104 valence electrons. The van der Waals surface area contributed by atoms with Crippen molar-refractivity contribution in [2.24, 2.45) is 0 Å². The lowest BCUT2D eigenvalue weighted by molar-refractivity contribution is -0.151. The molecule has 2 aromatic rings. The van der Waals surface area contributed by atoms with Gasteiger partial charge in [-0.1, -0.05) is 6.07 Å². The van der Waals surface area contributed by atoms with Crippen LogP contribution in [0.3, 0.4) is 0 Å². The van der Waals surface area contributed by atoms with Crippen molar-refractivity contribution in [3.05, 3.63) is 35.0 Å². The molecule has 1 heterocycles. The van der Waals surface area contributed by atoms with Gasteiger partial charge in [-0.15, -0.1) is 0 Å². The number of nitrogens with one attached hydrogen (secondary N) is 2. The Kier molecular flexibility index (Phi) is 3.58. The first-order valence-electron chi connectivity index (χ1n) is 6.16. The Morgan fingerprint density at radius 3 is 2.53 bits per heavy atom. The van der Waals surface area contributed by atoms with E-state index in [1.807, 2.05) is 26.0 Å². The van der Waals surface area contributed by atoms with Gasteiger partial charge in [-0.3, -0.25) is 0 Å². The summed E-state index contributed by atoms with van der Waals surface area (Å²) in [7, 11) is 0. The third-order valence-electron chi connectivity index (χ3n) is 3.23. The second kappa shape index (κ2) is 4.89. The zero-order valence-electron chi connectivity index (χ0n) is 11.2. The van der Waals surface area contributed by atoms with Gasteiger partial charge in [0.2, 0.25) is 0 Å². The highest BCUT2D eigenvalue weighted by molar-refractivity contribution is 5.84. The maximum Gasteiger partial charge on any atom is 0.403 e. The molecule has 1 aromatic carbocycles. The molecule has 2 rings (SSSR count). The van der Waals surface area contributed by atoms with Crippen molar-refractivity contribution in [3.8, 4) is 0 Å². The quantitative estimate of drug-likeness (QED) is 0.871. The number of benzene rings is 1. The van der Waals surface area contributed by atoms with Crippen molar-refractivity contribution in [1.82, 2.24) is 10.3 Å². The minimum absolute atomic E-state index is 0.174. The minimum atomic E-state index is -4.21. The van der Waals surface area contributed by atoms with Crippen molar-refractivity contribution in [3.63, 3.8) is 0 Å². The highest BCUT2D eigenvalue weighted by Crippen LogP contribution is 2.23. The summed E-state index contributed by atoms with van der Waals surface area (Å²) in [4.78, 5) is 3.15. The lowest BCUT2D eigenvalue weighted by Gasteiger charge is -2.16. The number of aryl methyl sites for hydroxylation is 2. The van der Waals surface area contributed by atoms with Gasteiger partial charge >= 0.3 is 6.18 Å². The zero-order valence-corrected chi connectivity index (χ0v) is 11.2. The Hall–Kier alpha value is -1.49. The monoisotopic (exact) mass is 270 g/mol. The summed E-state index contributed by atoms with van der Waals surface area (Å²) < 4.78 is 37.2. The fourth-order valence-corrected chi connectivity index (χ4v) is 2.13. The van der Waals surface area contributed by atoms with Gasteiger partial charge in [0.05, 0.1) is 0 Å². The van der Waals surface area contributed by atoms with Crippen molar-refractivity contribution >= 4 is 10.9 Å². The first kappa shape index (κ1) is 13.9. The average molecular weight is 270 g/mol. The van der Waals surface area contributed by atoms with E-state index in [1.165, 1.54) is 0 Å². The van der Waals surface area contributed by atoms with E-state index < -0.39 is 12.2 Å². The van der Waals surface area contributed by atoms with Crippen molar-refractivity contribution < 1.29 is 13.2 Å². The van der Waals surface area contributed by atoms with Crippen LogP contribution >= 0.6 is 0 Å². The van der Waals surface area contributed by atoms with Gasteiger partial charge in [0.1, 0.15) is 6.04 Å². The summed E-state index contributed by atoms with van der Waals surface area (Å²) in [6, 6.07) is 4.45. The molecule has 0 radical (unpaired) electrons. The molecular weight excluding hydrogens is 253 g/mol. The molecule has 0 aliphatic heterocycles. The first-order chi connectivity index (χ1) is 8.77. The summed E-state index contributed by atoms with van der Waals surface area (Å²) in [5, 5.41) is 3.54. The Morgan fingerprint density at radius 1 is 1.21 bits per heavy atom. The van der Waals surface area contributed by atoms with Crippen molar-refractivity contribution in [2.75, 3.05) is 0 Å². The maximum atomic E-state index is 12.4. The van der Waals surface area contributed by atoms with E-state index in [1.54, 1.807) is 0 Å². The molecule has 2 N–H and O–H groups in total. The highest BCUT2D eigenvalue weighted by Gasteiger charge is 2.35. The average Bonchev–Trinajstić information content (AvgIpc) is 2.67. The molecule has 1 aromatic heterocycles. The van der Waals surface area contributed by atoms with Gasteiger partial charge < -0.3 is 10.3 Å². The Morgan fingerprint density at radius 2 is 1.89 bits per heavy atom. The molecule has 5 heteroatoms. The predicted molar refractivity (Wildman–Crippen MR) is 70.1 cm³/mol. The summed E-state index contributed by atoms with van der Waals surface area (Å²) >= 11 is 0. The molecule has 1 atom stereocenters. The molecule has 0 bridgehead atoms. The van der Waals surface area contributed by atoms with E-state index in [4.69, 9.17) is 0 Å². The predicted octanol–water partition coefficient (Wildman–Crippen LogP) is 3.83. The number of alkyl halides is 3. The molecular formula is C14H17F3N2. The maximum absolute atomic E-state index is 12.4. The standard InChI is InChI=1S/C14H17F3N2/c1-8-4-9(2)12-6-11(19-13(12)5-8)7-18-10(3)14(15,16)17/h4-6,10,18-19H,7H2,1-3H3. The number of aromatic amines is 1. The normalized spacial score (nSPS) is 14.0. The molecule has 0 aliphatic carbocycles. The van der Waals surface area contributed by atoms with Gasteiger partial charge in [0, 0.05) is 23.1 Å². The third kappa shape index (κ3) is 3.10. The van der Waals surface area contributed by atoms with E-state index >= 15 is 0 Å². The molecule has 2 nitrogen and oxygen atoms in total. The largest absolute Gasteiger partial charge is 0.403 e. The number of rotatable bonds is 3. The Labute approximate surface area is 110 Å². The SMILES string of the molecule is Cc1cc(C)c2cc(CNC(C)C(F)(F)F)[nH]c2c1. The second-order valence-corrected chi connectivity index (χ2v) is 4.98. The van der Waals surface area contributed by atoms with Gasteiger partial charge in [0.15, 0.2) is 0 Å². The summed E-state index contributed by atoms with van der Waals surface area (Å²) in [5.41, 5.74) is 3.99. The fourth-order valence-electron chi connectivity index (χ4n) is 2.13. The zero-order chi connectivity index (χ0) is 14.2. The highest BCUT2D eigenvalue weighted by atomic mass is 19.4. The van der Waals surface area contributed by atoms with E-state index in [9.17, 15) is 13.2 Å². The van der Waals surface area contributed by atoms with E-state index in [0.717, 1.165) is 34.6 Å². The van der Waals surface area contributed by atoms with Crippen LogP contribution in [0.2, 0.25) is 0 Å². The molecule has 0 saturated heterocycles. The van der Waals surface area contributed by atoms with Gasteiger partial charge in [0.25, 0.3) is 0 Å².